The van der Waals surface area contributed by atoms with E-state index < -0.39 is 0 Å². The van der Waals surface area contributed by atoms with Gasteiger partial charge in [-0.25, -0.2) is 9.97 Å². The van der Waals surface area contributed by atoms with E-state index in [2.05, 4.69) is 34.0 Å². The summed E-state index contributed by atoms with van der Waals surface area (Å²) in [6.45, 7) is 7.62. The summed E-state index contributed by atoms with van der Waals surface area (Å²) in [6, 6.07) is 0. The van der Waals surface area contributed by atoms with Crippen LogP contribution in [0.5, 0.6) is 0 Å². The van der Waals surface area contributed by atoms with Crippen molar-refractivity contribution in [2.45, 2.75) is 26.7 Å². The zero-order valence-electron chi connectivity index (χ0n) is 15.5. The van der Waals surface area contributed by atoms with Gasteiger partial charge in [-0.3, -0.25) is 4.79 Å². The van der Waals surface area contributed by atoms with Crippen LogP contribution in [0.25, 0.3) is 10.2 Å². The second-order valence-electron chi connectivity index (χ2n) is 6.79. The third-order valence-corrected chi connectivity index (χ3v) is 6.28. The zero-order valence-corrected chi connectivity index (χ0v) is 16.3. The summed E-state index contributed by atoms with van der Waals surface area (Å²) in [7, 11) is 3.81. The van der Waals surface area contributed by atoms with Crippen molar-refractivity contribution in [1.29, 1.82) is 0 Å². The molecule has 0 atom stereocenters. The summed E-state index contributed by atoms with van der Waals surface area (Å²) in [5.74, 6) is 1.42. The number of piperidine rings is 1. The number of rotatable bonds is 5. The van der Waals surface area contributed by atoms with Crippen LogP contribution in [-0.4, -0.2) is 61.0 Å². The number of amides is 1. The summed E-state index contributed by atoms with van der Waals surface area (Å²) in [4.78, 5) is 28.1. The Labute approximate surface area is 153 Å². The molecule has 1 amide bonds. The maximum absolute atomic E-state index is 12.6. The first-order valence-corrected chi connectivity index (χ1v) is 9.69. The lowest BCUT2D eigenvalue weighted by Crippen LogP contribution is -2.43. The minimum absolute atomic E-state index is 0.126. The van der Waals surface area contributed by atoms with E-state index in [9.17, 15) is 4.79 Å². The Balaban J connectivity index is 1.70. The first-order chi connectivity index (χ1) is 12.0. The van der Waals surface area contributed by atoms with Gasteiger partial charge in [0.2, 0.25) is 5.91 Å². The van der Waals surface area contributed by atoms with Gasteiger partial charge in [0.05, 0.1) is 5.39 Å². The Morgan fingerprint density at radius 3 is 2.76 bits per heavy atom. The molecule has 3 rings (SSSR count). The molecule has 2 aromatic heterocycles. The van der Waals surface area contributed by atoms with Gasteiger partial charge in [-0.05, 0) is 39.3 Å². The van der Waals surface area contributed by atoms with Gasteiger partial charge < -0.3 is 15.1 Å². The van der Waals surface area contributed by atoms with Crippen LogP contribution in [0.1, 0.15) is 23.3 Å². The molecule has 0 aliphatic carbocycles. The molecule has 0 spiro atoms. The predicted octanol–water partition coefficient (Wildman–Crippen LogP) is 2.20. The second-order valence-corrected chi connectivity index (χ2v) is 7.99. The minimum Gasteiger partial charge on any atom is -0.356 e. The third-order valence-electron chi connectivity index (χ3n) is 5.16. The minimum atomic E-state index is 0.126. The summed E-state index contributed by atoms with van der Waals surface area (Å²) < 4.78 is 0. The van der Waals surface area contributed by atoms with Crippen molar-refractivity contribution in [3.63, 3.8) is 0 Å². The number of likely N-dealkylation sites (N-methyl/N-ethyl adjacent to an activating group) is 2. The Bertz CT molecular complexity index is 751. The normalized spacial score (nSPS) is 15.8. The molecule has 1 fully saturated rings. The number of nitrogens with zero attached hydrogens (tertiary/aromatic N) is 4. The average molecular weight is 362 g/mol. The first kappa shape index (κ1) is 18.1. The van der Waals surface area contributed by atoms with Gasteiger partial charge in [0.25, 0.3) is 0 Å². The highest BCUT2D eigenvalue weighted by molar-refractivity contribution is 7.18. The van der Waals surface area contributed by atoms with E-state index in [1.165, 1.54) is 15.8 Å². The van der Waals surface area contributed by atoms with Crippen LogP contribution in [0.4, 0.5) is 5.82 Å². The van der Waals surface area contributed by atoms with Gasteiger partial charge in [-0.2, -0.15) is 0 Å². The molecule has 0 aromatic carbocycles. The number of thiophene rings is 1. The summed E-state index contributed by atoms with van der Waals surface area (Å²) in [5, 5.41) is 4.28. The Morgan fingerprint density at radius 2 is 2.08 bits per heavy atom. The fraction of sp³-hybridized carbons (Fsp3) is 0.611. The van der Waals surface area contributed by atoms with E-state index in [0.717, 1.165) is 49.7 Å². The van der Waals surface area contributed by atoms with E-state index in [-0.39, 0.29) is 11.8 Å². The number of carbonyl (C=O) groups is 1. The molecule has 0 radical (unpaired) electrons. The van der Waals surface area contributed by atoms with Gasteiger partial charge in [0.15, 0.2) is 0 Å². The van der Waals surface area contributed by atoms with Crippen molar-refractivity contribution < 1.29 is 4.79 Å². The number of aromatic nitrogens is 2. The summed E-state index contributed by atoms with van der Waals surface area (Å²) in [6.07, 6.45) is 3.43. The zero-order chi connectivity index (χ0) is 18.0. The van der Waals surface area contributed by atoms with E-state index in [1.54, 1.807) is 17.7 Å². The molecular formula is C18H27N5OS. The summed E-state index contributed by atoms with van der Waals surface area (Å²) in [5.41, 5.74) is 1.28. The molecular weight excluding hydrogens is 334 g/mol. The van der Waals surface area contributed by atoms with E-state index in [0.29, 0.717) is 0 Å². The maximum Gasteiger partial charge on any atom is 0.225 e. The summed E-state index contributed by atoms with van der Waals surface area (Å²) >= 11 is 1.73. The fourth-order valence-electron chi connectivity index (χ4n) is 3.44. The average Bonchev–Trinajstić information content (AvgIpc) is 2.93. The van der Waals surface area contributed by atoms with Crippen LogP contribution in [0.3, 0.4) is 0 Å². The SMILES string of the molecule is CNCCN(C)C(=O)C1CCN(c2ncnc3sc(C)c(C)c23)CC1. The third kappa shape index (κ3) is 3.62. The molecule has 7 heteroatoms. The number of hydrogen-bond donors (Lipinski definition) is 1. The predicted molar refractivity (Wildman–Crippen MR) is 103 cm³/mol. The van der Waals surface area contributed by atoms with Gasteiger partial charge in [0, 0.05) is 44.0 Å². The quantitative estimate of drug-likeness (QED) is 0.885. The van der Waals surface area contributed by atoms with Crippen LogP contribution in [0.2, 0.25) is 0 Å². The molecule has 2 aromatic rings. The molecule has 1 aliphatic heterocycles. The van der Waals surface area contributed by atoms with Gasteiger partial charge in [-0.15, -0.1) is 11.3 Å². The number of carbonyl (C=O) groups excluding carboxylic acids is 1. The molecule has 0 unspecified atom stereocenters. The van der Waals surface area contributed by atoms with Crippen molar-refractivity contribution in [1.82, 2.24) is 20.2 Å². The number of aryl methyl sites for hydroxylation is 2. The maximum atomic E-state index is 12.6. The number of anilines is 1. The van der Waals surface area contributed by atoms with Crippen molar-refractivity contribution in [3.8, 4) is 0 Å². The fourth-order valence-corrected chi connectivity index (χ4v) is 4.43. The van der Waals surface area contributed by atoms with Crippen molar-refractivity contribution in [2.24, 2.45) is 5.92 Å². The van der Waals surface area contributed by atoms with Gasteiger partial charge in [0.1, 0.15) is 17.0 Å². The molecule has 0 saturated carbocycles. The number of nitrogens with one attached hydrogen (secondary N) is 1. The van der Waals surface area contributed by atoms with E-state index in [4.69, 9.17) is 0 Å². The number of hydrogen-bond acceptors (Lipinski definition) is 6. The largest absolute Gasteiger partial charge is 0.356 e. The highest BCUT2D eigenvalue weighted by Crippen LogP contribution is 2.35. The van der Waals surface area contributed by atoms with Crippen LogP contribution in [-0.2, 0) is 4.79 Å². The standard InChI is InChI=1S/C18H27N5OS/c1-12-13(2)25-17-15(12)16(20-11-21-17)23-8-5-14(6-9-23)18(24)22(4)10-7-19-3/h11,14,19H,5-10H2,1-4H3. The molecule has 3 heterocycles. The molecule has 1 N–H and O–H groups in total. The van der Waals surface area contributed by atoms with E-state index in [1.807, 2.05) is 19.0 Å². The Hall–Kier alpha value is -1.73. The smallest absolute Gasteiger partial charge is 0.225 e. The first-order valence-electron chi connectivity index (χ1n) is 8.88. The lowest BCUT2D eigenvalue weighted by Gasteiger charge is -2.34. The Kier molecular flexibility index (Phi) is 5.54. The highest BCUT2D eigenvalue weighted by Gasteiger charge is 2.28. The molecule has 0 bridgehead atoms. The second kappa shape index (κ2) is 7.66. The number of fused-ring (bicyclic) bond motifs is 1. The topological polar surface area (TPSA) is 61.4 Å². The van der Waals surface area contributed by atoms with Crippen LogP contribution in [0, 0.1) is 19.8 Å². The van der Waals surface area contributed by atoms with Crippen molar-refractivity contribution in [3.05, 3.63) is 16.8 Å². The lowest BCUT2D eigenvalue weighted by atomic mass is 9.95. The van der Waals surface area contributed by atoms with Crippen LogP contribution >= 0.6 is 11.3 Å². The van der Waals surface area contributed by atoms with Gasteiger partial charge >= 0.3 is 0 Å². The van der Waals surface area contributed by atoms with E-state index >= 15 is 0 Å². The molecule has 25 heavy (non-hydrogen) atoms. The van der Waals surface area contributed by atoms with Crippen molar-refractivity contribution in [2.75, 3.05) is 45.2 Å². The molecule has 6 nitrogen and oxygen atoms in total. The monoisotopic (exact) mass is 361 g/mol. The molecule has 1 aliphatic rings. The van der Waals surface area contributed by atoms with Gasteiger partial charge in [-0.1, -0.05) is 0 Å². The lowest BCUT2D eigenvalue weighted by molar-refractivity contribution is -0.134. The van der Waals surface area contributed by atoms with Crippen LogP contribution < -0.4 is 10.2 Å². The highest BCUT2D eigenvalue weighted by atomic mass is 32.1. The Morgan fingerprint density at radius 1 is 1.36 bits per heavy atom. The van der Waals surface area contributed by atoms with Crippen molar-refractivity contribution >= 4 is 33.3 Å². The molecule has 136 valence electrons. The van der Waals surface area contributed by atoms with Crippen LogP contribution in [0.15, 0.2) is 6.33 Å². The molecule has 1 saturated heterocycles.